The van der Waals surface area contributed by atoms with Crippen molar-refractivity contribution in [2.24, 2.45) is 0 Å². The van der Waals surface area contributed by atoms with Crippen molar-refractivity contribution in [2.45, 2.75) is 12.5 Å². The molecule has 18 heavy (non-hydrogen) atoms. The first-order chi connectivity index (χ1) is 8.76. The summed E-state index contributed by atoms with van der Waals surface area (Å²) in [7, 11) is 2.91. The minimum absolute atomic E-state index is 0.118. The van der Waals surface area contributed by atoms with Crippen molar-refractivity contribution >= 4 is 5.91 Å². The van der Waals surface area contributed by atoms with Crippen molar-refractivity contribution in [3.05, 3.63) is 11.9 Å². The lowest BCUT2D eigenvalue weighted by atomic mass is 10.2. The van der Waals surface area contributed by atoms with Crippen LogP contribution in [0.2, 0.25) is 0 Å². The van der Waals surface area contributed by atoms with E-state index in [2.05, 4.69) is 20.6 Å². The van der Waals surface area contributed by atoms with Gasteiger partial charge in [0.15, 0.2) is 5.56 Å². The Morgan fingerprint density at radius 3 is 2.56 bits per heavy atom. The third kappa shape index (κ3) is 2.51. The first kappa shape index (κ1) is 12.6. The number of carbonyl (C=O) groups excluding carboxylic acids is 1. The molecule has 1 aliphatic heterocycles. The fourth-order valence-electron chi connectivity index (χ4n) is 1.89. The third-order valence-corrected chi connectivity index (χ3v) is 2.79. The Morgan fingerprint density at radius 2 is 2.06 bits per heavy atom. The van der Waals surface area contributed by atoms with E-state index in [-0.39, 0.29) is 29.3 Å². The standard InChI is InChI=1S/C11H16N4O3/c1-17-10-8(11(18-2)14-6-13-10)9(16)15-7-3-4-12-5-7/h6-7,12H,3-5H2,1-2H3,(H,15,16)/t7-/m0/s1. The van der Waals surface area contributed by atoms with Gasteiger partial charge in [-0.05, 0) is 13.0 Å². The van der Waals surface area contributed by atoms with Crippen LogP contribution in [0, 0.1) is 0 Å². The molecule has 1 aliphatic rings. The molecule has 0 bridgehead atoms. The number of carbonyl (C=O) groups is 1. The first-order valence-electron chi connectivity index (χ1n) is 5.70. The smallest absolute Gasteiger partial charge is 0.262 e. The predicted molar refractivity (Wildman–Crippen MR) is 63.9 cm³/mol. The van der Waals surface area contributed by atoms with Crippen LogP contribution < -0.4 is 20.1 Å². The van der Waals surface area contributed by atoms with E-state index in [1.54, 1.807) is 0 Å². The van der Waals surface area contributed by atoms with Crippen molar-refractivity contribution in [3.63, 3.8) is 0 Å². The van der Waals surface area contributed by atoms with Crippen molar-refractivity contribution in [1.29, 1.82) is 0 Å². The second-order valence-corrected chi connectivity index (χ2v) is 3.93. The van der Waals surface area contributed by atoms with Gasteiger partial charge in [0.2, 0.25) is 11.8 Å². The molecule has 2 N–H and O–H groups in total. The van der Waals surface area contributed by atoms with Gasteiger partial charge in [0.1, 0.15) is 6.33 Å². The lowest BCUT2D eigenvalue weighted by Gasteiger charge is -2.14. The Balaban J connectivity index is 2.21. The number of methoxy groups -OCH3 is 2. The van der Waals surface area contributed by atoms with Crippen molar-refractivity contribution in [3.8, 4) is 11.8 Å². The van der Waals surface area contributed by atoms with Crippen LogP contribution in [0.3, 0.4) is 0 Å². The Labute approximate surface area is 105 Å². The number of ether oxygens (including phenoxy) is 2. The van der Waals surface area contributed by atoms with Crippen LogP contribution in [0.15, 0.2) is 6.33 Å². The van der Waals surface area contributed by atoms with E-state index >= 15 is 0 Å². The molecule has 0 aliphatic carbocycles. The quantitative estimate of drug-likeness (QED) is 0.757. The number of nitrogens with zero attached hydrogens (tertiary/aromatic N) is 2. The summed E-state index contributed by atoms with van der Waals surface area (Å²) in [6, 6.07) is 0.118. The Morgan fingerprint density at radius 1 is 1.39 bits per heavy atom. The molecule has 1 aromatic heterocycles. The molecule has 0 aromatic carbocycles. The highest BCUT2D eigenvalue weighted by molar-refractivity contribution is 5.98. The van der Waals surface area contributed by atoms with E-state index in [0.717, 1.165) is 19.5 Å². The van der Waals surface area contributed by atoms with E-state index in [4.69, 9.17) is 9.47 Å². The molecule has 1 saturated heterocycles. The lowest BCUT2D eigenvalue weighted by Crippen LogP contribution is -2.36. The monoisotopic (exact) mass is 252 g/mol. The highest BCUT2D eigenvalue weighted by atomic mass is 16.5. The van der Waals surface area contributed by atoms with Crippen LogP contribution in [0.4, 0.5) is 0 Å². The van der Waals surface area contributed by atoms with Crippen LogP contribution >= 0.6 is 0 Å². The highest BCUT2D eigenvalue weighted by Crippen LogP contribution is 2.23. The predicted octanol–water partition coefficient (Wildman–Crippen LogP) is -0.414. The number of hydrogen-bond acceptors (Lipinski definition) is 6. The fraction of sp³-hybridized carbons (Fsp3) is 0.545. The van der Waals surface area contributed by atoms with Gasteiger partial charge in [-0.15, -0.1) is 0 Å². The summed E-state index contributed by atoms with van der Waals surface area (Å²) in [4.78, 5) is 20.0. The maximum atomic E-state index is 12.2. The normalized spacial score (nSPS) is 18.4. The molecule has 0 saturated carbocycles. The van der Waals surface area contributed by atoms with Crippen LogP contribution in [0.25, 0.3) is 0 Å². The SMILES string of the molecule is COc1ncnc(OC)c1C(=O)N[C@H]1CCNC1. The number of hydrogen-bond donors (Lipinski definition) is 2. The van der Waals surface area contributed by atoms with Gasteiger partial charge in [-0.2, -0.15) is 0 Å². The molecule has 1 fully saturated rings. The van der Waals surface area contributed by atoms with Crippen molar-refractivity contribution < 1.29 is 14.3 Å². The van der Waals surface area contributed by atoms with Gasteiger partial charge in [-0.1, -0.05) is 0 Å². The van der Waals surface area contributed by atoms with Crippen LogP contribution in [0.1, 0.15) is 16.8 Å². The molecular formula is C11H16N4O3. The van der Waals surface area contributed by atoms with Crippen LogP contribution in [-0.4, -0.2) is 49.2 Å². The summed E-state index contributed by atoms with van der Waals surface area (Å²) in [6.07, 6.45) is 2.20. The van der Waals surface area contributed by atoms with Crippen LogP contribution in [0.5, 0.6) is 11.8 Å². The molecule has 1 atom stereocenters. The third-order valence-electron chi connectivity index (χ3n) is 2.79. The van der Waals surface area contributed by atoms with Gasteiger partial charge in [-0.25, -0.2) is 9.97 Å². The summed E-state index contributed by atoms with van der Waals surface area (Å²) >= 11 is 0. The van der Waals surface area contributed by atoms with E-state index in [9.17, 15) is 4.79 Å². The van der Waals surface area contributed by atoms with Crippen molar-refractivity contribution in [1.82, 2.24) is 20.6 Å². The zero-order valence-electron chi connectivity index (χ0n) is 10.4. The summed E-state index contributed by atoms with van der Waals surface area (Å²) in [5, 5.41) is 6.08. The summed E-state index contributed by atoms with van der Waals surface area (Å²) < 4.78 is 10.1. The van der Waals surface area contributed by atoms with E-state index < -0.39 is 0 Å². The number of nitrogens with one attached hydrogen (secondary N) is 2. The zero-order valence-corrected chi connectivity index (χ0v) is 10.4. The number of aromatic nitrogens is 2. The first-order valence-corrected chi connectivity index (χ1v) is 5.70. The molecule has 0 unspecified atom stereocenters. The second kappa shape index (κ2) is 5.63. The second-order valence-electron chi connectivity index (χ2n) is 3.93. The number of amides is 1. The van der Waals surface area contributed by atoms with Gasteiger partial charge >= 0.3 is 0 Å². The molecular weight excluding hydrogens is 236 g/mol. The van der Waals surface area contributed by atoms with Gasteiger partial charge in [0.05, 0.1) is 14.2 Å². The van der Waals surface area contributed by atoms with E-state index in [0.29, 0.717) is 0 Å². The largest absolute Gasteiger partial charge is 0.480 e. The maximum absolute atomic E-state index is 12.2. The van der Waals surface area contributed by atoms with Crippen molar-refractivity contribution in [2.75, 3.05) is 27.3 Å². The molecule has 0 radical (unpaired) electrons. The summed E-state index contributed by atoms with van der Waals surface area (Å²) in [5.41, 5.74) is 0.231. The maximum Gasteiger partial charge on any atom is 0.262 e. The average Bonchev–Trinajstić information content (AvgIpc) is 2.90. The molecule has 2 rings (SSSR count). The Hall–Kier alpha value is -1.89. The van der Waals surface area contributed by atoms with Crippen LogP contribution in [-0.2, 0) is 0 Å². The molecule has 0 spiro atoms. The molecule has 2 heterocycles. The van der Waals surface area contributed by atoms with Gasteiger partial charge in [-0.3, -0.25) is 4.79 Å². The fourth-order valence-corrected chi connectivity index (χ4v) is 1.89. The Bertz CT molecular complexity index is 410. The molecule has 7 nitrogen and oxygen atoms in total. The van der Waals surface area contributed by atoms with Gasteiger partial charge in [0.25, 0.3) is 5.91 Å². The minimum atomic E-state index is -0.280. The molecule has 98 valence electrons. The molecule has 7 heteroatoms. The van der Waals surface area contributed by atoms with E-state index in [1.165, 1.54) is 20.5 Å². The summed E-state index contributed by atoms with van der Waals surface area (Å²) in [6.45, 7) is 1.68. The zero-order chi connectivity index (χ0) is 13.0. The lowest BCUT2D eigenvalue weighted by molar-refractivity contribution is 0.0932. The molecule has 1 aromatic rings. The number of rotatable bonds is 4. The van der Waals surface area contributed by atoms with E-state index in [1.807, 2.05) is 0 Å². The summed E-state index contributed by atoms with van der Waals surface area (Å²) in [5.74, 6) is 0.147. The van der Waals surface area contributed by atoms with Gasteiger partial charge in [0, 0.05) is 12.6 Å². The topological polar surface area (TPSA) is 85.4 Å². The average molecular weight is 252 g/mol. The highest BCUT2D eigenvalue weighted by Gasteiger charge is 2.24. The van der Waals surface area contributed by atoms with Gasteiger partial charge < -0.3 is 20.1 Å². The molecule has 1 amide bonds. The minimum Gasteiger partial charge on any atom is -0.480 e. The Kier molecular flexibility index (Phi) is 3.93.